The second-order valence-electron chi connectivity index (χ2n) is 7.63. The van der Waals surface area contributed by atoms with Crippen LogP contribution in [0.15, 0.2) is 24.5 Å². The predicted molar refractivity (Wildman–Crippen MR) is 107 cm³/mol. The number of anilines is 2. The Labute approximate surface area is 173 Å². The van der Waals surface area contributed by atoms with Crippen molar-refractivity contribution in [1.82, 2.24) is 9.91 Å². The number of carbonyl (C=O) groups is 1. The van der Waals surface area contributed by atoms with Gasteiger partial charge in [0, 0.05) is 50.7 Å². The predicted octanol–water partition coefficient (Wildman–Crippen LogP) is 0.416. The molecule has 164 valence electrons. The summed E-state index contributed by atoms with van der Waals surface area (Å²) in [6.07, 6.45) is 1.47. The largest absolute Gasteiger partial charge is 0.442 e. The van der Waals surface area contributed by atoms with E-state index in [1.807, 2.05) is 0 Å². The van der Waals surface area contributed by atoms with E-state index in [2.05, 4.69) is 4.90 Å². The van der Waals surface area contributed by atoms with E-state index >= 15 is 0 Å². The van der Waals surface area contributed by atoms with Crippen LogP contribution in [0.4, 0.5) is 25.0 Å². The summed E-state index contributed by atoms with van der Waals surface area (Å²) in [6.45, 7) is 4.27. The lowest BCUT2D eigenvalue weighted by Gasteiger charge is -2.43. The highest BCUT2D eigenvalue weighted by atomic mass is 19.1. The number of nitrogens with two attached hydrogens (primary N) is 2. The molecule has 0 spiro atoms. The maximum absolute atomic E-state index is 14.9. The summed E-state index contributed by atoms with van der Waals surface area (Å²) in [7, 11) is 0. The van der Waals surface area contributed by atoms with Crippen molar-refractivity contribution in [2.24, 2.45) is 11.6 Å². The smallest absolute Gasteiger partial charge is 0.414 e. The van der Waals surface area contributed by atoms with E-state index in [9.17, 15) is 13.6 Å². The van der Waals surface area contributed by atoms with Gasteiger partial charge in [-0.1, -0.05) is 0 Å². The van der Waals surface area contributed by atoms with Crippen LogP contribution in [0.1, 0.15) is 0 Å². The van der Waals surface area contributed by atoms with Crippen LogP contribution in [0, 0.1) is 11.6 Å². The first-order chi connectivity index (χ1) is 14.5. The van der Waals surface area contributed by atoms with Crippen molar-refractivity contribution in [3.63, 3.8) is 0 Å². The van der Waals surface area contributed by atoms with Gasteiger partial charge in [0.05, 0.1) is 38.0 Å². The van der Waals surface area contributed by atoms with Crippen molar-refractivity contribution >= 4 is 17.5 Å². The monoisotopic (exact) mass is 424 g/mol. The van der Waals surface area contributed by atoms with E-state index in [4.69, 9.17) is 21.1 Å². The number of piperazine rings is 1. The minimum absolute atomic E-state index is 0.0615. The topological polar surface area (TPSA) is 101 Å². The molecule has 1 unspecified atom stereocenters. The van der Waals surface area contributed by atoms with E-state index in [-0.39, 0.29) is 24.5 Å². The Kier molecular flexibility index (Phi) is 5.93. The molecule has 0 saturated carbocycles. The molecule has 1 aromatic rings. The molecular weight excluding hydrogens is 398 g/mol. The molecule has 3 aliphatic heterocycles. The van der Waals surface area contributed by atoms with Crippen LogP contribution in [0.2, 0.25) is 0 Å². The molecule has 0 aliphatic carbocycles. The molecule has 1 atom stereocenters. The van der Waals surface area contributed by atoms with Gasteiger partial charge in [-0.05, 0) is 0 Å². The van der Waals surface area contributed by atoms with Crippen LogP contribution in [0.3, 0.4) is 0 Å². The number of rotatable bonds is 6. The van der Waals surface area contributed by atoms with Gasteiger partial charge in [0.25, 0.3) is 0 Å². The van der Waals surface area contributed by atoms with Gasteiger partial charge < -0.3 is 25.1 Å². The van der Waals surface area contributed by atoms with Gasteiger partial charge in [0.1, 0.15) is 11.8 Å². The SMILES string of the molecule is N/C=C\N(N)CC1CN(c2cc(F)c(N3CCN(C4COC4)CC3)c(F)c2)C(=O)O1. The number of benzene rings is 1. The molecule has 4 rings (SSSR count). The van der Waals surface area contributed by atoms with E-state index in [0.717, 1.165) is 26.3 Å². The summed E-state index contributed by atoms with van der Waals surface area (Å²) >= 11 is 0. The normalized spacial score (nSPS) is 23.2. The number of cyclic esters (lactones) is 1. The summed E-state index contributed by atoms with van der Waals surface area (Å²) in [5, 5.41) is 1.28. The van der Waals surface area contributed by atoms with E-state index < -0.39 is 23.8 Å². The zero-order valence-corrected chi connectivity index (χ0v) is 16.5. The van der Waals surface area contributed by atoms with Gasteiger partial charge in [0.2, 0.25) is 0 Å². The molecular formula is C19H26F2N6O3. The van der Waals surface area contributed by atoms with Crippen molar-refractivity contribution in [3.8, 4) is 0 Å². The molecule has 4 N–H and O–H groups in total. The summed E-state index contributed by atoms with van der Waals surface area (Å²) in [6, 6.07) is 2.76. The zero-order chi connectivity index (χ0) is 21.3. The van der Waals surface area contributed by atoms with Crippen molar-refractivity contribution in [2.75, 3.05) is 62.3 Å². The number of nitrogens with zero attached hydrogens (tertiary/aromatic N) is 4. The number of ether oxygens (including phenoxy) is 2. The molecule has 0 bridgehead atoms. The van der Waals surface area contributed by atoms with E-state index in [1.165, 1.54) is 34.4 Å². The Hall–Kier alpha value is -2.63. The quantitative estimate of drug-likeness (QED) is 0.501. The molecule has 3 saturated heterocycles. The van der Waals surface area contributed by atoms with Crippen molar-refractivity contribution in [1.29, 1.82) is 0 Å². The van der Waals surface area contributed by atoms with Gasteiger partial charge in [-0.15, -0.1) is 0 Å². The number of hydrogen-bond donors (Lipinski definition) is 2. The number of carbonyl (C=O) groups excluding carboxylic acids is 1. The number of hydrazine groups is 1. The average Bonchev–Trinajstić information content (AvgIpc) is 3.01. The van der Waals surface area contributed by atoms with Gasteiger partial charge in [-0.3, -0.25) is 9.80 Å². The first kappa shape index (κ1) is 20.6. The van der Waals surface area contributed by atoms with Gasteiger partial charge >= 0.3 is 6.09 Å². The summed E-state index contributed by atoms with van der Waals surface area (Å²) in [4.78, 5) is 17.4. The molecule has 3 fully saturated rings. The Morgan fingerprint density at radius 1 is 1.17 bits per heavy atom. The fraction of sp³-hybridized carbons (Fsp3) is 0.526. The fourth-order valence-corrected chi connectivity index (χ4v) is 3.99. The minimum atomic E-state index is -0.701. The third-order valence-electron chi connectivity index (χ3n) is 5.65. The summed E-state index contributed by atoms with van der Waals surface area (Å²) < 4.78 is 40.2. The van der Waals surface area contributed by atoms with Crippen LogP contribution in [0.5, 0.6) is 0 Å². The van der Waals surface area contributed by atoms with Gasteiger partial charge in [-0.25, -0.2) is 19.4 Å². The van der Waals surface area contributed by atoms with Crippen molar-refractivity contribution in [3.05, 3.63) is 36.2 Å². The number of amides is 1. The Morgan fingerprint density at radius 2 is 1.83 bits per heavy atom. The standard InChI is InChI=1S/C19H26F2N6O3/c20-16-7-13(27-10-15(30-19(27)28)9-26(23)2-1-22)8-17(21)18(16)25-5-3-24(4-6-25)14-11-29-12-14/h1-2,7-8,14-15H,3-6,9-12,22-23H2/b2-1-. The molecule has 11 heteroatoms. The van der Waals surface area contributed by atoms with Crippen molar-refractivity contribution in [2.45, 2.75) is 12.1 Å². The maximum Gasteiger partial charge on any atom is 0.414 e. The van der Waals surface area contributed by atoms with Gasteiger partial charge in [0.15, 0.2) is 11.6 Å². The molecule has 3 aliphatic rings. The van der Waals surface area contributed by atoms with Crippen LogP contribution in [0.25, 0.3) is 0 Å². The van der Waals surface area contributed by atoms with Gasteiger partial charge in [-0.2, -0.15) is 0 Å². The third kappa shape index (κ3) is 4.13. The highest BCUT2D eigenvalue weighted by molar-refractivity contribution is 5.90. The zero-order valence-electron chi connectivity index (χ0n) is 16.5. The van der Waals surface area contributed by atoms with Crippen LogP contribution in [-0.4, -0.2) is 80.6 Å². The Morgan fingerprint density at radius 3 is 2.40 bits per heavy atom. The molecule has 0 radical (unpaired) electrons. The first-order valence-corrected chi connectivity index (χ1v) is 9.90. The first-order valence-electron chi connectivity index (χ1n) is 9.90. The molecule has 1 amide bonds. The summed E-state index contributed by atoms with van der Waals surface area (Å²) in [5.41, 5.74) is 5.33. The third-order valence-corrected chi connectivity index (χ3v) is 5.65. The molecule has 3 heterocycles. The molecule has 9 nitrogen and oxygen atoms in total. The van der Waals surface area contributed by atoms with E-state index in [1.54, 1.807) is 4.90 Å². The van der Waals surface area contributed by atoms with Crippen LogP contribution >= 0.6 is 0 Å². The lowest BCUT2D eigenvalue weighted by molar-refractivity contribution is -0.0661. The Balaban J connectivity index is 1.43. The second-order valence-corrected chi connectivity index (χ2v) is 7.63. The summed E-state index contributed by atoms with van der Waals surface area (Å²) in [5.74, 6) is 4.30. The average molecular weight is 424 g/mol. The molecule has 30 heavy (non-hydrogen) atoms. The van der Waals surface area contributed by atoms with Crippen molar-refractivity contribution < 1.29 is 23.0 Å². The lowest BCUT2D eigenvalue weighted by atomic mass is 10.1. The second kappa shape index (κ2) is 8.62. The van der Waals surface area contributed by atoms with E-state index in [0.29, 0.717) is 19.1 Å². The molecule has 1 aromatic carbocycles. The lowest BCUT2D eigenvalue weighted by Crippen LogP contribution is -2.56. The minimum Gasteiger partial charge on any atom is -0.442 e. The van der Waals surface area contributed by atoms with Crippen LogP contribution in [-0.2, 0) is 9.47 Å². The molecule has 0 aromatic heterocycles. The number of halogens is 2. The van der Waals surface area contributed by atoms with Crippen LogP contribution < -0.4 is 21.4 Å². The highest BCUT2D eigenvalue weighted by Crippen LogP contribution is 2.32. The fourth-order valence-electron chi connectivity index (χ4n) is 3.99. The highest BCUT2D eigenvalue weighted by Gasteiger charge is 2.35. The Bertz CT molecular complexity index is 790. The number of hydrogen-bond acceptors (Lipinski definition) is 8. The maximum atomic E-state index is 14.9.